The molecule has 0 aliphatic heterocycles. The summed E-state index contributed by atoms with van der Waals surface area (Å²) in [6, 6.07) is 12.1. The van der Waals surface area contributed by atoms with Crippen LogP contribution in [0.1, 0.15) is 29.7 Å². The Balaban J connectivity index is 2.09. The summed E-state index contributed by atoms with van der Waals surface area (Å²) in [5, 5.41) is 2.88. The predicted octanol–water partition coefficient (Wildman–Crippen LogP) is 5.25. The summed E-state index contributed by atoms with van der Waals surface area (Å²) in [4.78, 5) is 11.9. The molecule has 1 amide bonds. The smallest absolute Gasteiger partial charge is 0.346 e. The average Bonchev–Trinajstić information content (AvgIpc) is 2.53. The zero-order valence-electron chi connectivity index (χ0n) is 12.8. The molecule has 0 fully saturated rings. The Hall–Kier alpha value is -2.27. The number of hydrogen-bond acceptors (Lipinski definition) is 1. The molecule has 6 heteroatoms. The minimum Gasteiger partial charge on any atom is -0.346 e. The molecule has 2 aromatic carbocycles. The minimum absolute atomic E-state index is 0.133. The summed E-state index contributed by atoms with van der Waals surface area (Å²) < 4.78 is 38.1. The van der Waals surface area contributed by atoms with Crippen molar-refractivity contribution < 1.29 is 18.0 Å². The third kappa shape index (κ3) is 4.86. The normalized spacial score (nSPS) is 13.0. The summed E-state index contributed by atoms with van der Waals surface area (Å²) in [7, 11) is 0. The van der Waals surface area contributed by atoms with Gasteiger partial charge in [0.15, 0.2) is 0 Å². The Morgan fingerprint density at radius 3 is 2.46 bits per heavy atom. The van der Waals surface area contributed by atoms with E-state index in [0.29, 0.717) is 0 Å². The van der Waals surface area contributed by atoms with E-state index in [-0.39, 0.29) is 16.6 Å². The highest BCUT2D eigenvalue weighted by molar-refractivity contribution is 6.32. The van der Waals surface area contributed by atoms with Gasteiger partial charge in [0, 0.05) is 11.1 Å². The summed E-state index contributed by atoms with van der Waals surface area (Å²) in [6.07, 6.45) is -2.03. The molecule has 1 N–H and O–H groups in total. The van der Waals surface area contributed by atoms with Gasteiger partial charge in [0.25, 0.3) is 0 Å². The molecule has 0 radical (unpaired) electrons. The van der Waals surface area contributed by atoms with Crippen molar-refractivity contribution in [3.63, 3.8) is 0 Å². The molecule has 0 aliphatic carbocycles. The molecule has 2 aromatic rings. The topological polar surface area (TPSA) is 29.1 Å². The number of carbonyl (C=O) groups is 1. The van der Waals surface area contributed by atoms with E-state index in [1.165, 1.54) is 12.2 Å². The van der Waals surface area contributed by atoms with E-state index >= 15 is 0 Å². The maximum Gasteiger partial charge on any atom is 0.416 e. The molecule has 0 saturated carbocycles. The standard InChI is InChI=1S/C18H15ClF3NO/c1-12(13-5-3-2-4-6-13)23-17(24)10-7-14-11-15(18(20,21)22)8-9-16(14)19/h2-12H,1H3,(H,23,24)/b10-7+/t12-/m0/s1. The van der Waals surface area contributed by atoms with Crippen LogP contribution in [0.25, 0.3) is 6.08 Å². The first-order chi connectivity index (χ1) is 11.3. The average molecular weight is 354 g/mol. The third-order valence-electron chi connectivity index (χ3n) is 3.40. The van der Waals surface area contributed by atoms with Gasteiger partial charge in [0.1, 0.15) is 0 Å². The van der Waals surface area contributed by atoms with Gasteiger partial charge in [-0.1, -0.05) is 41.9 Å². The number of nitrogens with one attached hydrogen (secondary N) is 1. The molecule has 1 atom stereocenters. The fourth-order valence-corrected chi connectivity index (χ4v) is 2.28. The highest BCUT2D eigenvalue weighted by Gasteiger charge is 2.30. The molecule has 0 spiro atoms. The first-order valence-corrected chi connectivity index (χ1v) is 7.55. The predicted molar refractivity (Wildman–Crippen MR) is 88.5 cm³/mol. The molecular formula is C18H15ClF3NO. The zero-order valence-corrected chi connectivity index (χ0v) is 13.5. The van der Waals surface area contributed by atoms with Crippen molar-refractivity contribution in [2.75, 3.05) is 0 Å². The maximum absolute atomic E-state index is 12.7. The summed E-state index contributed by atoms with van der Waals surface area (Å²) in [5.41, 5.74) is 0.245. The van der Waals surface area contributed by atoms with Gasteiger partial charge in [0.05, 0.1) is 11.6 Å². The molecule has 0 unspecified atom stereocenters. The van der Waals surface area contributed by atoms with Crippen LogP contribution in [0.2, 0.25) is 5.02 Å². The number of hydrogen-bond donors (Lipinski definition) is 1. The van der Waals surface area contributed by atoms with Crippen LogP contribution < -0.4 is 5.32 Å². The Morgan fingerprint density at radius 1 is 1.17 bits per heavy atom. The van der Waals surface area contributed by atoms with Crippen LogP contribution in [0.5, 0.6) is 0 Å². The van der Waals surface area contributed by atoms with Gasteiger partial charge in [0.2, 0.25) is 5.91 Å². The summed E-state index contributed by atoms with van der Waals surface area (Å²) in [6.45, 7) is 1.82. The molecule has 0 saturated heterocycles. The number of amides is 1. The van der Waals surface area contributed by atoms with Crippen LogP contribution in [0.3, 0.4) is 0 Å². The molecule has 2 nitrogen and oxygen atoms in total. The zero-order chi connectivity index (χ0) is 17.7. The van der Waals surface area contributed by atoms with Gasteiger partial charge in [-0.25, -0.2) is 0 Å². The van der Waals surface area contributed by atoms with E-state index in [2.05, 4.69) is 5.32 Å². The van der Waals surface area contributed by atoms with Crippen molar-refractivity contribution in [2.45, 2.75) is 19.1 Å². The summed E-state index contributed by atoms with van der Waals surface area (Å²) in [5.74, 6) is -0.417. The van der Waals surface area contributed by atoms with Gasteiger partial charge in [-0.15, -0.1) is 0 Å². The van der Waals surface area contributed by atoms with Gasteiger partial charge >= 0.3 is 6.18 Å². The highest BCUT2D eigenvalue weighted by Crippen LogP contribution is 2.32. The first kappa shape index (κ1) is 18.1. The van der Waals surface area contributed by atoms with E-state index < -0.39 is 17.6 Å². The van der Waals surface area contributed by atoms with Gasteiger partial charge in [-0.05, 0) is 42.3 Å². The van der Waals surface area contributed by atoms with Crippen molar-refractivity contribution in [3.8, 4) is 0 Å². The second kappa shape index (κ2) is 7.53. The lowest BCUT2D eigenvalue weighted by Gasteiger charge is -2.12. The lowest BCUT2D eigenvalue weighted by Crippen LogP contribution is -2.24. The van der Waals surface area contributed by atoms with Crippen molar-refractivity contribution in [1.29, 1.82) is 0 Å². The van der Waals surface area contributed by atoms with Crippen LogP contribution in [0, 0.1) is 0 Å². The molecule has 0 aliphatic rings. The Labute approximate surface area is 142 Å². The molecule has 2 rings (SSSR count). The third-order valence-corrected chi connectivity index (χ3v) is 3.74. The van der Waals surface area contributed by atoms with Gasteiger partial charge in [-0.2, -0.15) is 13.2 Å². The van der Waals surface area contributed by atoms with Gasteiger partial charge in [-0.3, -0.25) is 4.79 Å². The second-order valence-electron chi connectivity index (χ2n) is 5.21. The molecular weight excluding hydrogens is 339 g/mol. The minimum atomic E-state index is -4.46. The Kier molecular flexibility index (Phi) is 5.67. The van der Waals surface area contributed by atoms with Crippen LogP contribution in [-0.4, -0.2) is 5.91 Å². The van der Waals surface area contributed by atoms with Crippen LogP contribution in [0.4, 0.5) is 13.2 Å². The lowest BCUT2D eigenvalue weighted by atomic mass is 10.1. The number of rotatable bonds is 4. The second-order valence-corrected chi connectivity index (χ2v) is 5.62. The highest BCUT2D eigenvalue weighted by atomic mass is 35.5. The first-order valence-electron chi connectivity index (χ1n) is 7.17. The van der Waals surface area contributed by atoms with E-state index in [1.807, 2.05) is 37.3 Å². The SMILES string of the molecule is C[C@H](NC(=O)/C=C/c1cc(C(F)(F)F)ccc1Cl)c1ccccc1. The Bertz CT molecular complexity index is 742. The van der Waals surface area contributed by atoms with E-state index in [4.69, 9.17) is 11.6 Å². The molecule has 0 heterocycles. The van der Waals surface area contributed by atoms with E-state index in [1.54, 1.807) is 0 Å². The number of carbonyl (C=O) groups excluding carboxylic acids is 1. The molecule has 0 aromatic heterocycles. The largest absolute Gasteiger partial charge is 0.416 e. The van der Waals surface area contributed by atoms with Crippen molar-refractivity contribution in [2.24, 2.45) is 0 Å². The van der Waals surface area contributed by atoms with Crippen LogP contribution in [0.15, 0.2) is 54.6 Å². The number of halogens is 4. The van der Waals surface area contributed by atoms with Crippen molar-refractivity contribution >= 4 is 23.6 Å². The number of benzene rings is 2. The molecule has 126 valence electrons. The van der Waals surface area contributed by atoms with E-state index in [0.717, 1.165) is 23.8 Å². The lowest BCUT2D eigenvalue weighted by molar-refractivity contribution is -0.137. The number of alkyl halides is 3. The molecule has 24 heavy (non-hydrogen) atoms. The fourth-order valence-electron chi connectivity index (χ4n) is 2.10. The van der Waals surface area contributed by atoms with Crippen molar-refractivity contribution in [3.05, 3.63) is 76.3 Å². The monoisotopic (exact) mass is 353 g/mol. The fraction of sp³-hybridized carbons (Fsp3) is 0.167. The molecule has 0 bridgehead atoms. The summed E-state index contributed by atoms with van der Waals surface area (Å²) >= 11 is 5.88. The maximum atomic E-state index is 12.7. The van der Waals surface area contributed by atoms with Gasteiger partial charge < -0.3 is 5.32 Å². The Morgan fingerprint density at radius 2 is 1.83 bits per heavy atom. The van der Waals surface area contributed by atoms with Crippen molar-refractivity contribution in [1.82, 2.24) is 5.32 Å². The van der Waals surface area contributed by atoms with Crippen LogP contribution >= 0.6 is 11.6 Å². The quantitative estimate of drug-likeness (QED) is 0.747. The van der Waals surface area contributed by atoms with Crippen LogP contribution in [-0.2, 0) is 11.0 Å². The van der Waals surface area contributed by atoms with E-state index in [9.17, 15) is 18.0 Å².